The highest BCUT2D eigenvalue weighted by molar-refractivity contribution is 6.38. The summed E-state index contributed by atoms with van der Waals surface area (Å²) in [6, 6.07) is 17.5. The molecule has 1 aliphatic rings. The highest BCUT2D eigenvalue weighted by Gasteiger charge is 2.21. The Kier molecular flexibility index (Phi) is 6.45. The van der Waals surface area contributed by atoms with Crippen molar-refractivity contribution in [3.63, 3.8) is 0 Å². The summed E-state index contributed by atoms with van der Waals surface area (Å²) in [6.07, 6.45) is 0. The van der Waals surface area contributed by atoms with Crippen molar-refractivity contribution >= 4 is 45.9 Å². The van der Waals surface area contributed by atoms with Crippen LogP contribution in [0.5, 0.6) is 11.5 Å². The van der Waals surface area contributed by atoms with E-state index in [1.807, 2.05) is 32.0 Å². The van der Waals surface area contributed by atoms with E-state index in [0.29, 0.717) is 33.1 Å². The first-order valence-corrected chi connectivity index (χ1v) is 11.8. The third-order valence-corrected chi connectivity index (χ3v) is 6.02. The quantitative estimate of drug-likeness (QED) is 0.342. The number of rotatable bonds is 5. The van der Waals surface area contributed by atoms with Gasteiger partial charge < -0.3 is 20.1 Å². The van der Waals surface area contributed by atoms with Crippen LogP contribution in [0.4, 0.5) is 5.69 Å². The Morgan fingerprint density at radius 2 is 1.65 bits per heavy atom. The number of benzene rings is 3. The van der Waals surface area contributed by atoms with E-state index in [2.05, 4.69) is 16.1 Å². The van der Waals surface area contributed by atoms with Gasteiger partial charge in [-0.3, -0.25) is 19.8 Å². The molecule has 0 saturated carbocycles. The van der Waals surface area contributed by atoms with Crippen molar-refractivity contribution in [1.29, 1.82) is 0 Å². The Bertz CT molecular complexity index is 1540. The summed E-state index contributed by atoms with van der Waals surface area (Å²) < 4.78 is 11.9. The Morgan fingerprint density at radius 1 is 0.892 bits per heavy atom. The number of amides is 3. The fourth-order valence-electron chi connectivity index (χ4n) is 4.18. The van der Waals surface area contributed by atoms with Crippen LogP contribution >= 0.6 is 11.6 Å². The molecule has 3 amide bonds. The molecule has 9 nitrogen and oxygen atoms in total. The molecule has 1 aromatic heterocycles. The summed E-state index contributed by atoms with van der Waals surface area (Å²) in [6.45, 7) is 4.11. The van der Waals surface area contributed by atoms with E-state index in [9.17, 15) is 14.4 Å². The van der Waals surface area contributed by atoms with Gasteiger partial charge in [-0.05, 0) is 79.1 Å². The fraction of sp³-hybridized carbons (Fsp3) is 0.148. The van der Waals surface area contributed by atoms with Crippen molar-refractivity contribution in [3.8, 4) is 11.5 Å². The summed E-state index contributed by atoms with van der Waals surface area (Å²) in [7, 11) is 0. The molecule has 0 unspecified atom stereocenters. The van der Waals surface area contributed by atoms with Crippen LogP contribution in [-0.2, 0) is 16.1 Å². The maximum atomic E-state index is 13.2. The molecule has 0 fully saturated rings. The number of carbonyl (C=O) groups is 3. The van der Waals surface area contributed by atoms with Crippen LogP contribution in [0, 0.1) is 13.8 Å². The number of halogens is 1. The molecule has 188 valence electrons. The minimum Gasteiger partial charge on any atom is -0.454 e. The summed E-state index contributed by atoms with van der Waals surface area (Å²) in [4.78, 5) is 38.6. The smallest absolute Gasteiger partial charge is 0.328 e. The molecule has 0 aliphatic carbocycles. The van der Waals surface area contributed by atoms with E-state index in [4.69, 9.17) is 21.1 Å². The van der Waals surface area contributed by atoms with E-state index < -0.39 is 17.7 Å². The van der Waals surface area contributed by atoms with Gasteiger partial charge in [0, 0.05) is 22.6 Å². The molecule has 3 N–H and O–H groups in total. The third-order valence-electron chi connectivity index (χ3n) is 5.79. The molecular weight excluding hydrogens is 496 g/mol. The van der Waals surface area contributed by atoms with E-state index in [1.54, 1.807) is 42.5 Å². The van der Waals surface area contributed by atoms with Crippen LogP contribution in [0.15, 0.2) is 60.7 Å². The molecule has 0 spiro atoms. The summed E-state index contributed by atoms with van der Waals surface area (Å²) >= 11 is 6.14. The van der Waals surface area contributed by atoms with Gasteiger partial charge in [0.25, 0.3) is 5.91 Å². The summed E-state index contributed by atoms with van der Waals surface area (Å²) in [5.74, 6) is -1.06. The van der Waals surface area contributed by atoms with Gasteiger partial charge in [0.2, 0.25) is 6.79 Å². The largest absolute Gasteiger partial charge is 0.454 e. The van der Waals surface area contributed by atoms with E-state index in [-0.39, 0.29) is 19.0 Å². The lowest BCUT2D eigenvalue weighted by atomic mass is 10.1. The number of nitrogens with zero attached hydrogens (tertiary/aromatic N) is 1. The monoisotopic (exact) mass is 518 g/mol. The van der Waals surface area contributed by atoms with Gasteiger partial charge in [0.05, 0.1) is 5.52 Å². The predicted octanol–water partition coefficient (Wildman–Crippen LogP) is 4.28. The lowest BCUT2D eigenvalue weighted by molar-refractivity contribution is -0.136. The number of fused-ring (bicyclic) bond motifs is 2. The zero-order valence-electron chi connectivity index (χ0n) is 20.1. The number of carbonyl (C=O) groups excluding carboxylic acids is 3. The zero-order valence-corrected chi connectivity index (χ0v) is 20.8. The molecule has 0 atom stereocenters. The number of ether oxygens (including phenoxy) is 2. The van der Waals surface area contributed by atoms with Crippen LogP contribution in [0.1, 0.15) is 27.2 Å². The number of aromatic nitrogens is 1. The number of hydrogen-bond donors (Lipinski definition) is 3. The molecule has 0 bridgehead atoms. The number of anilines is 1. The highest BCUT2D eigenvalue weighted by Crippen LogP contribution is 2.32. The van der Waals surface area contributed by atoms with Crippen LogP contribution in [-0.4, -0.2) is 29.2 Å². The number of nitrogens with one attached hydrogen (secondary N) is 3. The van der Waals surface area contributed by atoms with Crippen molar-refractivity contribution < 1.29 is 23.9 Å². The van der Waals surface area contributed by atoms with Crippen molar-refractivity contribution in [2.24, 2.45) is 0 Å². The third kappa shape index (κ3) is 5.22. The first-order chi connectivity index (χ1) is 17.8. The predicted molar refractivity (Wildman–Crippen MR) is 140 cm³/mol. The van der Waals surface area contributed by atoms with Gasteiger partial charge in [-0.1, -0.05) is 23.7 Å². The summed E-state index contributed by atoms with van der Waals surface area (Å²) in [5, 5.41) is 6.53. The molecule has 3 aromatic carbocycles. The van der Waals surface area contributed by atoms with Gasteiger partial charge in [-0.25, -0.2) is 4.68 Å². The normalized spacial score (nSPS) is 11.9. The summed E-state index contributed by atoms with van der Waals surface area (Å²) in [5.41, 5.74) is 6.52. The Hall–Kier alpha value is -4.50. The Labute approximate surface area is 217 Å². The van der Waals surface area contributed by atoms with E-state index in [0.717, 1.165) is 16.7 Å². The molecule has 37 heavy (non-hydrogen) atoms. The Balaban J connectivity index is 1.35. The fourth-order valence-corrected chi connectivity index (χ4v) is 4.36. The van der Waals surface area contributed by atoms with Gasteiger partial charge >= 0.3 is 11.8 Å². The van der Waals surface area contributed by atoms with Crippen molar-refractivity contribution in [1.82, 2.24) is 9.99 Å². The first-order valence-electron chi connectivity index (χ1n) is 11.5. The number of hydrogen-bond acceptors (Lipinski definition) is 5. The van der Waals surface area contributed by atoms with Crippen LogP contribution in [0.3, 0.4) is 0 Å². The Morgan fingerprint density at radius 3 is 2.43 bits per heavy atom. The van der Waals surface area contributed by atoms with Gasteiger partial charge in [-0.15, -0.1) is 0 Å². The topological polar surface area (TPSA) is 111 Å². The van der Waals surface area contributed by atoms with Crippen LogP contribution < -0.4 is 25.5 Å². The molecule has 0 radical (unpaired) electrons. The molecular formula is C27H23ClN4O5. The molecule has 1 aliphatic heterocycles. The van der Waals surface area contributed by atoms with Crippen LogP contribution in [0.25, 0.3) is 10.9 Å². The maximum Gasteiger partial charge on any atom is 0.328 e. The van der Waals surface area contributed by atoms with Crippen molar-refractivity contribution in [2.45, 2.75) is 20.4 Å². The average Bonchev–Trinajstić information content (AvgIpc) is 3.45. The molecule has 2 heterocycles. The molecule has 4 aromatic rings. The van der Waals surface area contributed by atoms with Gasteiger partial charge in [0.1, 0.15) is 5.69 Å². The first kappa shape index (κ1) is 24.2. The lowest BCUT2D eigenvalue weighted by Crippen LogP contribution is -2.39. The zero-order chi connectivity index (χ0) is 26.1. The second kappa shape index (κ2) is 9.87. The average molecular weight is 519 g/mol. The van der Waals surface area contributed by atoms with Crippen molar-refractivity contribution in [2.75, 3.05) is 17.5 Å². The van der Waals surface area contributed by atoms with Gasteiger partial charge in [0.15, 0.2) is 11.5 Å². The second-order valence-corrected chi connectivity index (χ2v) is 9.15. The lowest BCUT2D eigenvalue weighted by Gasteiger charge is -2.13. The number of aryl methyl sites for hydroxylation is 2. The van der Waals surface area contributed by atoms with E-state index >= 15 is 0 Å². The molecule has 0 saturated heterocycles. The SMILES string of the molecule is Cc1cc(C)cc(NC(=O)c2cc3cc(Cl)ccc3n2NC(=O)C(=O)NCc2ccc3c(c2)OCO3)c1. The maximum absolute atomic E-state index is 13.2. The van der Waals surface area contributed by atoms with Crippen LogP contribution in [0.2, 0.25) is 5.02 Å². The minimum absolute atomic E-state index is 0.102. The van der Waals surface area contributed by atoms with E-state index in [1.165, 1.54) is 4.68 Å². The second-order valence-electron chi connectivity index (χ2n) is 8.71. The molecule has 5 rings (SSSR count). The van der Waals surface area contributed by atoms with Crippen molar-refractivity contribution in [3.05, 3.63) is 88.1 Å². The van der Waals surface area contributed by atoms with Gasteiger partial charge in [-0.2, -0.15) is 0 Å². The highest BCUT2D eigenvalue weighted by atomic mass is 35.5. The molecule has 10 heteroatoms. The minimum atomic E-state index is -0.936. The standard InChI is InChI=1S/C27H23ClN4O5/c1-15-7-16(2)9-20(8-15)30-25(33)22-12-18-11-19(28)4-5-21(18)32(22)31-27(35)26(34)29-13-17-3-6-23-24(10-17)37-14-36-23/h3-12H,13-14H2,1-2H3,(H,29,34)(H,30,33)(H,31,35).